The van der Waals surface area contributed by atoms with Crippen molar-refractivity contribution in [2.24, 2.45) is 17.8 Å². The summed E-state index contributed by atoms with van der Waals surface area (Å²) < 4.78 is 5.34. The van der Waals surface area contributed by atoms with E-state index in [1.54, 1.807) is 12.1 Å². The van der Waals surface area contributed by atoms with Crippen LogP contribution >= 0.6 is 15.9 Å². The highest BCUT2D eigenvalue weighted by atomic mass is 79.9. The number of amides is 2. The van der Waals surface area contributed by atoms with Gasteiger partial charge in [0.25, 0.3) is 0 Å². The Hall–Kier alpha value is -3.00. The first-order valence-electron chi connectivity index (χ1n) is 9.92. The van der Waals surface area contributed by atoms with E-state index >= 15 is 0 Å². The maximum Gasteiger partial charge on any atom is 0.231 e. The Balaban J connectivity index is 1.72. The second kappa shape index (κ2) is 7.02. The summed E-state index contributed by atoms with van der Waals surface area (Å²) in [4.78, 5) is 50.9. The molecular formula is C23H18BrNO6. The normalized spacial score (nSPS) is 29.6. The number of allylic oxidation sites excluding steroid dienone is 6. The summed E-state index contributed by atoms with van der Waals surface area (Å²) in [7, 11) is 1.48. The van der Waals surface area contributed by atoms with Crippen LogP contribution < -0.4 is 10.1 Å². The lowest BCUT2D eigenvalue weighted by molar-refractivity contribution is -0.126. The molecule has 158 valence electrons. The Labute approximate surface area is 186 Å². The molecule has 0 aromatic heterocycles. The predicted octanol–water partition coefficient (Wildman–Crippen LogP) is 2.45. The third-order valence-electron chi connectivity index (χ3n) is 6.72. The number of ketones is 2. The minimum atomic E-state index is -0.683. The van der Waals surface area contributed by atoms with Crippen molar-refractivity contribution in [3.63, 3.8) is 0 Å². The Bertz CT molecular complexity index is 1180. The quantitative estimate of drug-likeness (QED) is 0.379. The lowest BCUT2D eigenvalue weighted by Gasteiger charge is -2.42. The Morgan fingerprint density at radius 3 is 2.61 bits per heavy atom. The molecule has 3 aliphatic carbocycles. The van der Waals surface area contributed by atoms with Gasteiger partial charge in [-0.1, -0.05) is 17.7 Å². The van der Waals surface area contributed by atoms with Crippen LogP contribution in [0.1, 0.15) is 24.3 Å². The van der Waals surface area contributed by atoms with Gasteiger partial charge >= 0.3 is 0 Å². The first-order valence-corrected chi connectivity index (χ1v) is 10.7. The predicted molar refractivity (Wildman–Crippen MR) is 112 cm³/mol. The van der Waals surface area contributed by atoms with Crippen molar-refractivity contribution in [2.45, 2.75) is 18.8 Å². The zero-order valence-corrected chi connectivity index (χ0v) is 18.1. The molecule has 7 nitrogen and oxygen atoms in total. The lowest BCUT2D eigenvalue weighted by Crippen LogP contribution is -2.39. The van der Waals surface area contributed by atoms with Crippen molar-refractivity contribution >= 4 is 39.3 Å². The minimum Gasteiger partial charge on any atom is -0.507 e. The zero-order chi connectivity index (χ0) is 22.0. The fraction of sp³-hybridized carbons (Fsp3) is 0.304. The number of fused-ring (bicyclic) bond motifs is 3. The van der Waals surface area contributed by atoms with Crippen molar-refractivity contribution in [1.82, 2.24) is 5.32 Å². The summed E-state index contributed by atoms with van der Waals surface area (Å²) in [5.41, 5.74) is 1.90. The number of rotatable bonds is 2. The van der Waals surface area contributed by atoms with E-state index in [4.69, 9.17) is 4.74 Å². The van der Waals surface area contributed by atoms with E-state index in [0.29, 0.717) is 28.9 Å². The zero-order valence-electron chi connectivity index (χ0n) is 16.5. The minimum absolute atomic E-state index is 0.0688. The molecule has 1 aromatic carbocycles. The Morgan fingerprint density at radius 1 is 1.13 bits per heavy atom. The number of aromatic hydroxyl groups is 1. The number of carbonyl (C=O) groups is 4. The van der Waals surface area contributed by atoms with Crippen LogP contribution in [0.4, 0.5) is 0 Å². The van der Waals surface area contributed by atoms with E-state index in [1.165, 1.54) is 19.3 Å². The van der Waals surface area contributed by atoms with Crippen LogP contribution in [-0.2, 0) is 19.2 Å². The van der Waals surface area contributed by atoms with Crippen molar-refractivity contribution in [3.05, 3.63) is 57.1 Å². The van der Waals surface area contributed by atoms with Gasteiger partial charge in [-0.15, -0.1) is 0 Å². The van der Waals surface area contributed by atoms with E-state index in [0.717, 1.165) is 5.57 Å². The van der Waals surface area contributed by atoms with Crippen molar-refractivity contribution in [2.75, 3.05) is 7.11 Å². The van der Waals surface area contributed by atoms with Crippen LogP contribution in [0.2, 0.25) is 0 Å². The number of phenols is 1. The number of hydrogen-bond acceptors (Lipinski definition) is 6. The van der Waals surface area contributed by atoms with Crippen molar-refractivity contribution in [3.8, 4) is 11.5 Å². The summed E-state index contributed by atoms with van der Waals surface area (Å²) in [6.45, 7) is 0. The Kier molecular flexibility index (Phi) is 4.51. The van der Waals surface area contributed by atoms with Crippen LogP contribution in [0.3, 0.4) is 0 Å². The van der Waals surface area contributed by atoms with Gasteiger partial charge in [0.1, 0.15) is 11.5 Å². The summed E-state index contributed by atoms with van der Waals surface area (Å²) in [5.74, 6) is -3.07. The first-order chi connectivity index (χ1) is 14.8. The highest BCUT2D eigenvalue weighted by Crippen LogP contribution is 2.55. The molecule has 0 saturated carbocycles. The highest BCUT2D eigenvalue weighted by Gasteiger charge is 2.53. The van der Waals surface area contributed by atoms with Crippen LogP contribution in [-0.4, -0.2) is 35.6 Å². The lowest BCUT2D eigenvalue weighted by atomic mass is 9.59. The summed E-state index contributed by atoms with van der Waals surface area (Å²) in [6, 6.07) is 4.81. The topological polar surface area (TPSA) is 110 Å². The summed E-state index contributed by atoms with van der Waals surface area (Å²) in [6.07, 6.45) is 3.72. The molecule has 5 rings (SSSR count). The summed E-state index contributed by atoms with van der Waals surface area (Å²) in [5, 5.41) is 13.2. The molecule has 4 atom stereocenters. The highest BCUT2D eigenvalue weighted by molar-refractivity contribution is 9.12. The van der Waals surface area contributed by atoms with Gasteiger partial charge < -0.3 is 9.84 Å². The molecule has 1 fully saturated rings. The van der Waals surface area contributed by atoms with Gasteiger partial charge in [0.15, 0.2) is 11.6 Å². The van der Waals surface area contributed by atoms with Gasteiger partial charge in [-0.05, 0) is 40.8 Å². The van der Waals surface area contributed by atoms with E-state index in [-0.39, 0.29) is 40.0 Å². The molecular weight excluding hydrogens is 466 g/mol. The SMILES string of the molecule is COc1ccc([C@H]2C3=CC[C@@H]4C(=O)NC(=O)[C@@H]4[C@@H]3CC3=C2C(=O)C=C(Br)C3=O)c(O)c1. The van der Waals surface area contributed by atoms with Crippen LogP contribution in [0, 0.1) is 17.8 Å². The number of Topliss-reactive ketones (excluding diaryl/α,β-unsaturated/α-hetero) is 1. The number of phenolic OH excluding ortho intramolecular Hbond substituents is 1. The van der Waals surface area contributed by atoms with E-state index in [2.05, 4.69) is 21.2 Å². The molecule has 1 heterocycles. The second-order valence-electron chi connectivity index (χ2n) is 8.17. The molecule has 2 amide bonds. The average molecular weight is 484 g/mol. The molecule has 31 heavy (non-hydrogen) atoms. The maximum absolute atomic E-state index is 13.0. The fourth-order valence-electron chi connectivity index (χ4n) is 5.37. The van der Waals surface area contributed by atoms with Gasteiger partial charge in [-0.3, -0.25) is 24.5 Å². The Morgan fingerprint density at radius 2 is 1.90 bits per heavy atom. The molecule has 0 unspecified atom stereocenters. The van der Waals surface area contributed by atoms with E-state index in [1.807, 2.05) is 6.08 Å². The number of hydrogen-bond donors (Lipinski definition) is 2. The third-order valence-corrected chi connectivity index (χ3v) is 7.31. The molecule has 1 saturated heterocycles. The number of nitrogens with one attached hydrogen (secondary N) is 1. The number of halogens is 1. The van der Waals surface area contributed by atoms with E-state index in [9.17, 15) is 24.3 Å². The number of benzene rings is 1. The molecule has 0 radical (unpaired) electrons. The van der Waals surface area contributed by atoms with Gasteiger partial charge in [0.05, 0.1) is 23.4 Å². The van der Waals surface area contributed by atoms with Gasteiger partial charge in [0.2, 0.25) is 11.8 Å². The second-order valence-corrected chi connectivity index (χ2v) is 9.03. The molecule has 2 N–H and O–H groups in total. The fourth-order valence-corrected chi connectivity index (χ4v) is 5.81. The largest absolute Gasteiger partial charge is 0.507 e. The molecule has 4 aliphatic rings. The smallest absolute Gasteiger partial charge is 0.231 e. The number of ether oxygens (including phenoxy) is 1. The van der Waals surface area contributed by atoms with Crippen LogP contribution in [0.25, 0.3) is 0 Å². The van der Waals surface area contributed by atoms with E-state index < -0.39 is 23.7 Å². The van der Waals surface area contributed by atoms with Gasteiger partial charge in [-0.25, -0.2) is 0 Å². The monoisotopic (exact) mass is 483 g/mol. The summed E-state index contributed by atoms with van der Waals surface area (Å²) >= 11 is 3.17. The molecule has 0 bridgehead atoms. The number of carbonyl (C=O) groups excluding carboxylic acids is 4. The number of imide groups is 1. The maximum atomic E-state index is 13.0. The molecule has 8 heteroatoms. The molecule has 1 aliphatic heterocycles. The van der Waals surface area contributed by atoms with Crippen LogP contribution in [0.5, 0.6) is 11.5 Å². The van der Waals surface area contributed by atoms with Gasteiger partial charge in [0, 0.05) is 34.8 Å². The standard InChI is InChI=1S/C23H18BrNO6/c1-31-9-2-3-11(16(26)6-9)18-10-4-5-12-19(23(30)25-22(12)29)13(10)7-14-20(18)17(27)8-15(24)21(14)28/h2-4,6,8,12-13,18-19,26H,5,7H2,1H3,(H,25,29,30)/t12-,13+,18+,19-/m0/s1. The first kappa shape index (κ1) is 19.9. The van der Waals surface area contributed by atoms with Crippen molar-refractivity contribution in [1.29, 1.82) is 0 Å². The molecule has 1 aromatic rings. The van der Waals surface area contributed by atoms with Gasteiger partial charge in [-0.2, -0.15) is 0 Å². The molecule has 0 spiro atoms. The average Bonchev–Trinajstić information content (AvgIpc) is 3.04. The van der Waals surface area contributed by atoms with Crippen molar-refractivity contribution < 1.29 is 29.0 Å². The van der Waals surface area contributed by atoms with Crippen LogP contribution in [0.15, 0.2) is 51.6 Å². The third kappa shape index (κ3) is 2.85. The number of methoxy groups -OCH3 is 1.